The first-order valence-electron chi connectivity index (χ1n) is 7.62. The number of nitrogens with one attached hydrogen (secondary N) is 1. The summed E-state index contributed by atoms with van der Waals surface area (Å²) in [5.74, 6) is -0.207. The molecule has 1 N–H and O–H groups in total. The second-order valence-corrected chi connectivity index (χ2v) is 6.18. The maximum atomic E-state index is 11.8. The number of rotatable bonds is 9. The Kier molecular flexibility index (Phi) is 6.51. The van der Waals surface area contributed by atoms with Gasteiger partial charge in [-0.1, -0.05) is 0 Å². The van der Waals surface area contributed by atoms with Gasteiger partial charge in [-0.15, -0.1) is 5.10 Å². The van der Waals surface area contributed by atoms with Crippen LogP contribution in [-0.4, -0.2) is 44.0 Å². The van der Waals surface area contributed by atoms with Gasteiger partial charge in [-0.3, -0.25) is 24.3 Å². The van der Waals surface area contributed by atoms with Crippen molar-refractivity contribution in [3.05, 3.63) is 32.7 Å². The zero-order valence-corrected chi connectivity index (χ0v) is 15.5. The SMILES string of the molecule is COc1nn(CCC(=O)NCCCn2cc(Br)c(C)n2)cc1[N+](=O)[O-]. The molecule has 0 aliphatic heterocycles. The van der Waals surface area contributed by atoms with E-state index in [1.165, 1.54) is 18.0 Å². The Bertz CT molecular complexity index is 737. The molecular weight excluding hydrogens is 396 g/mol. The van der Waals surface area contributed by atoms with Crippen molar-refractivity contribution in [2.45, 2.75) is 32.9 Å². The number of methoxy groups -OCH3 is 1. The Morgan fingerprint density at radius 2 is 2.08 bits per heavy atom. The number of carbonyl (C=O) groups is 1. The molecule has 0 fully saturated rings. The lowest BCUT2D eigenvalue weighted by Gasteiger charge is -2.05. The van der Waals surface area contributed by atoms with E-state index in [1.54, 1.807) is 0 Å². The van der Waals surface area contributed by atoms with Crippen molar-refractivity contribution < 1.29 is 14.5 Å². The Labute approximate surface area is 152 Å². The van der Waals surface area contributed by atoms with E-state index in [0.717, 1.165) is 16.6 Å². The minimum atomic E-state index is -0.572. The zero-order chi connectivity index (χ0) is 18.4. The maximum absolute atomic E-state index is 11.8. The minimum absolute atomic E-state index is 0.0638. The summed E-state index contributed by atoms with van der Waals surface area (Å²) in [4.78, 5) is 22.1. The lowest BCUT2D eigenvalue weighted by Crippen LogP contribution is -2.26. The number of amides is 1. The highest BCUT2D eigenvalue weighted by Crippen LogP contribution is 2.23. The number of carbonyl (C=O) groups excluding carboxylic acids is 1. The Hall–Kier alpha value is -2.43. The van der Waals surface area contributed by atoms with Crippen LogP contribution in [0.2, 0.25) is 0 Å². The van der Waals surface area contributed by atoms with Gasteiger partial charge in [0.05, 0.1) is 28.7 Å². The third-order valence-electron chi connectivity index (χ3n) is 3.44. The van der Waals surface area contributed by atoms with E-state index in [-0.39, 0.29) is 30.4 Å². The summed E-state index contributed by atoms with van der Waals surface area (Å²) >= 11 is 3.40. The van der Waals surface area contributed by atoms with E-state index < -0.39 is 4.92 Å². The summed E-state index contributed by atoms with van der Waals surface area (Å²) in [5.41, 5.74) is 0.705. The van der Waals surface area contributed by atoms with Crippen LogP contribution in [0, 0.1) is 17.0 Å². The summed E-state index contributed by atoms with van der Waals surface area (Å²) in [6.45, 7) is 3.38. The van der Waals surface area contributed by atoms with E-state index in [9.17, 15) is 14.9 Å². The van der Waals surface area contributed by atoms with Gasteiger partial charge in [-0.2, -0.15) is 5.10 Å². The molecule has 0 spiro atoms. The molecule has 0 unspecified atom stereocenters. The fraction of sp³-hybridized carbons (Fsp3) is 0.500. The second-order valence-electron chi connectivity index (χ2n) is 5.32. The van der Waals surface area contributed by atoms with Gasteiger partial charge in [0.25, 0.3) is 0 Å². The van der Waals surface area contributed by atoms with Gasteiger partial charge in [0.15, 0.2) is 0 Å². The van der Waals surface area contributed by atoms with Crippen LogP contribution in [-0.2, 0) is 17.9 Å². The monoisotopic (exact) mass is 414 g/mol. The fourth-order valence-electron chi connectivity index (χ4n) is 2.16. The van der Waals surface area contributed by atoms with Crippen LogP contribution in [0.1, 0.15) is 18.5 Å². The molecule has 10 nitrogen and oxygen atoms in total. The maximum Gasteiger partial charge on any atom is 0.350 e. The lowest BCUT2D eigenvalue weighted by atomic mass is 10.3. The molecule has 0 radical (unpaired) electrons. The molecule has 1 amide bonds. The van der Waals surface area contributed by atoms with Gasteiger partial charge in [0.2, 0.25) is 5.91 Å². The molecule has 0 saturated heterocycles. The van der Waals surface area contributed by atoms with Crippen molar-refractivity contribution in [2.24, 2.45) is 0 Å². The first kappa shape index (κ1) is 18.9. The zero-order valence-electron chi connectivity index (χ0n) is 13.9. The van der Waals surface area contributed by atoms with Crippen molar-refractivity contribution in [3.63, 3.8) is 0 Å². The van der Waals surface area contributed by atoms with Crippen molar-refractivity contribution in [2.75, 3.05) is 13.7 Å². The highest BCUT2D eigenvalue weighted by atomic mass is 79.9. The van der Waals surface area contributed by atoms with Gasteiger partial charge in [-0.25, -0.2) is 0 Å². The number of nitro groups is 1. The Morgan fingerprint density at radius 3 is 2.64 bits per heavy atom. The van der Waals surface area contributed by atoms with E-state index in [0.29, 0.717) is 13.1 Å². The standard InChI is InChI=1S/C14H19BrN6O4/c1-10-11(15)8-19(17-10)6-3-5-16-13(22)4-7-20-9-12(21(23)24)14(18-20)25-2/h8-9H,3-7H2,1-2H3,(H,16,22). The third-order valence-corrected chi connectivity index (χ3v) is 4.22. The molecule has 2 aromatic rings. The number of aromatic nitrogens is 4. The molecule has 2 aromatic heterocycles. The van der Waals surface area contributed by atoms with Crippen molar-refractivity contribution in [3.8, 4) is 5.88 Å². The first-order valence-corrected chi connectivity index (χ1v) is 8.42. The smallest absolute Gasteiger partial charge is 0.350 e. The third kappa shape index (κ3) is 5.28. The molecule has 0 saturated carbocycles. The van der Waals surface area contributed by atoms with Gasteiger partial charge < -0.3 is 10.1 Å². The van der Waals surface area contributed by atoms with Crippen molar-refractivity contribution in [1.29, 1.82) is 0 Å². The predicted octanol–water partition coefficient (Wildman–Crippen LogP) is 1.66. The van der Waals surface area contributed by atoms with Crippen LogP contribution >= 0.6 is 15.9 Å². The van der Waals surface area contributed by atoms with Gasteiger partial charge >= 0.3 is 11.6 Å². The van der Waals surface area contributed by atoms with Crippen molar-refractivity contribution >= 4 is 27.5 Å². The molecule has 0 aromatic carbocycles. The van der Waals surface area contributed by atoms with Gasteiger partial charge in [0, 0.05) is 25.7 Å². The molecule has 0 bridgehead atoms. The quantitative estimate of drug-likeness (QED) is 0.378. The number of nitrogens with zero attached hydrogens (tertiary/aromatic N) is 5. The average molecular weight is 415 g/mol. The highest BCUT2D eigenvalue weighted by Gasteiger charge is 2.20. The van der Waals surface area contributed by atoms with Crippen LogP contribution in [0.3, 0.4) is 0 Å². The van der Waals surface area contributed by atoms with Crippen LogP contribution in [0.25, 0.3) is 0 Å². The van der Waals surface area contributed by atoms with E-state index in [4.69, 9.17) is 4.74 Å². The summed E-state index contributed by atoms with van der Waals surface area (Å²) < 4.78 is 8.95. The molecule has 136 valence electrons. The summed E-state index contributed by atoms with van der Waals surface area (Å²) in [6, 6.07) is 0. The van der Waals surface area contributed by atoms with E-state index >= 15 is 0 Å². The number of hydrogen-bond acceptors (Lipinski definition) is 6. The fourth-order valence-corrected chi connectivity index (χ4v) is 2.48. The molecule has 0 aliphatic rings. The average Bonchev–Trinajstić information content (AvgIpc) is 3.13. The number of ether oxygens (including phenoxy) is 1. The molecule has 2 heterocycles. The molecule has 0 atom stereocenters. The first-order chi connectivity index (χ1) is 11.9. The second kappa shape index (κ2) is 8.60. The Balaban J connectivity index is 1.71. The van der Waals surface area contributed by atoms with Gasteiger partial charge in [0.1, 0.15) is 6.20 Å². The molecule has 2 rings (SSSR count). The summed E-state index contributed by atoms with van der Waals surface area (Å²) in [5, 5.41) is 21.9. The number of halogens is 1. The van der Waals surface area contributed by atoms with Crippen LogP contribution < -0.4 is 10.1 Å². The Morgan fingerprint density at radius 1 is 1.36 bits per heavy atom. The summed E-state index contributed by atoms with van der Waals surface area (Å²) in [6.07, 6.45) is 4.08. The van der Waals surface area contributed by atoms with Crippen LogP contribution in [0.4, 0.5) is 5.69 Å². The normalized spacial score (nSPS) is 10.7. The van der Waals surface area contributed by atoms with Gasteiger partial charge in [-0.05, 0) is 29.3 Å². The predicted molar refractivity (Wildman–Crippen MR) is 92.3 cm³/mol. The molecule has 0 aliphatic carbocycles. The molecule has 25 heavy (non-hydrogen) atoms. The van der Waals surface area contributed by atoms with E-state index in [2.05, 4.69) is 31.4 Å². The summed E-state index contributed by atoms with van der Waals surface area (Å²) in [7, 11) is 1.31. The van der Waals surface area contributed by atoms with Crippen molar-refractivity contribution in [1.82, 2.24) is 24.9 Å². The number of hydrogen-bond donors (Lipinski definition) is 1. The topological polar surface area (TPSA) is 117 Å². The highest BCUT2D eigenvalue weighted by molar-refractivity contribution is 9.10. The molecular formula is C14H19BrN6O4. The largest absolute Gasteiger partial charge is 0.475 e. The number of aryl methyl sites for hydroxylation is 3. The van der Waals surface area contributed by atoms with Crippen LogP contribution in [0.15, 0.2) is 16.9 Å². The van der Waals surface area contributed by atoms with Crippen LogP contribution in [0.5, 0.6) is 5.88 Å². The molecule has 11 heteroatoms. The van der Waals surface area contributed by atoms with E-state index in [1.807, 2.05) is 17.8 Å². The minimum Gasteiger partial charge on any atom is -0.475 e. The lowest BCUT2D eigenvalue weighted by molar-refractivity contribution is -0.385.